The van der Waals surface area contributed by atoms with Crippen molar-refractivity contribution in [2.24, 2.45) is 0 Å². The van der Waals surface area contributed by atoms with E-state index in [1.54, 1.807) is 30.3 Å². The van der Waals surface area contributed by atoms with Crippen molar-refractivity contribution in [1.82, 2.24) is 4.72 Å². The Balaban J connectivity index is 2.04. The van der Waals surface area contributed by atoms with Gasteiger partial charge in [-0.1, -0.05) is 26.3 Å². The summed E-state index contributed by atoms with van der Waals surface area (Å²) in [6.07, 6.45) is 2.70. The normalized spacial score (nSPS) is 12.4. The van der Waals surface area contributed by atoms with Gasteiger partial charge in [0.25, 0.3) is 5.91 Å². The first kappa shape index (κ1) is 21.9. The third kappa shape index (κ3) is 6.35. The summed E-state index contributed by atoms with van der Waals surface area (Å²) >= 11 is 0. The molecule has 0 aliphatic carbocycles. The maximum Gasteiger partial charge on any atom is 0.255 e. The highest BCUT2D eigenvalue weighted by Gasteiger charge is 2.16. The van der Waals surface area contributed by atoms with Crippen molar-refractivity contribution < 1.29 is 17.9 Å². The van der Waals surface area contributed by atoms with Gasteiger partial charge in [0.2, 0.25) is 10.0 Å². The number of sulfonamides is 1. The Labute approximate surface area is 167 Å². The van der Waals surface area contributed by atoms with E-state index in [2.05, 4.69) is 17.0 Å². The molecule has 1 atom stereocenters. The molecule has 1 amide bonds. The molecule has 0 saturated heterocycles. The third-order valence-electron chi connectivity index (χ3n) is 4.25. The summed E-state index contributed by atoms with van der Waals surface area (Å²) in [6.45, 7) is 6.42. The first-order valence-electron chi connectivity index (χ1n) is 9.52. The van der Waals surface area contributed by atoms with E-state index < -0.39 is 10.0 Å². The van der Waals surface area contributed by atoms with Crippen LogP contribution in [0.15, 0.2) is 53.4 Å². The molecular formula is C21H28N2O4S. The van der Waals surface area contributed by atoms with Gasteiger partial charge in [-0.15, -0.1) is 0 Å². The first-order valence-corrected chi connectivity index (χ1v) is 11.0. The molecule has 152 valence electrons. The van der Waals surface area contributed by atoms with Crippen LogP contribution < -0.4 is 14.8 Å². The zero-order valence-corrected chi connectivity index (χ0v) is 17.4. The average Bonchev–Trinajstić information content (AvgIpc) is 2.68. The molecule has 2 aromatic rings. The molecule has 7 heteroatoms. The Hall–Kier alpha value is -2.38. The standard InChI is InChI=1S/C21H28N2O4S/c1-4-6-14-27-19-9-7-8-17(15-19)21(24)22-18-10-12-20(13-11-18)28(25,26)23-16(3)5-2/h7-13,15-16,23H,4-6,14H2,1-3H3,(H,22,24). The van der Waals surface area contributed by atoms with E-state index in [1.165, 1.54) is 12.1 Å². The van der Waals surface area contributed by atoms with E-state index in [4.69, 9.17) is 4.74 Å². The molecule has 0 radical (unpaired) electrons. The molecule has 0 aromatic heterocycles. The Morgan fingerprint density at radius 2 is 1.82 bits per heavy atom. The third-order valence-corrected chi connectivity index (χ3v) is 5.86. The van der Waals surface area contributed by atoms with Gasteiger partial charge in [0, 0.05) is 17.3 Å². The minimum atomic E-state index is -3.57. The van der Waals surface area contributed by atoms with Crippen molar-refractivity contribution in [3.05, 3.63) is 54.1 Å². The SMILES string of the molecule is CCCCOc1cccc(C(=O)Nc2ccc(S(=O)(=O)NC(C)CC)cc2)c1. The number of carbonyl (C=O) groups excluding carboxylic acids is 1. The Kier molecular flexibility index (Phi) is 8.02. The summed E-state index contributed by atoms with van der Waals surface area (Å²) in [5, 5.41) is 2.77. The van der Waals surface area contributed by atoms with Crippen molar-refractivity contribution >= 4 is 21.6 Å². The second kappa shape index (κ2) is 10.2. The van der Waals surface area contributed by atoms with Gasteiger partial charge in [0.1, 0.15) is 5.75 Å². The predicted octanol–water partition coefficient (Wildman–Crippen LogP) is 4.19. The van der Waals surface area contributed by atoms with E-state index in [0.29, 0.717) is 30.0 Å². The Bertz CT molecular complexity index is 880. The lowest BCUT2D eigenvalue weighted by Crippen LogP contribution is -2.31. The Morgan fingerprint density at radius 3 is 2.46 bits per heavy atom. The number of unbranched alkanes of at least 4 members (excludes halogenated alkanes) is 1. The fraction of sp³-hybridized carbons (Fsp3) is 0.381. The van der Waals surface area contributed by atoms with Gasteiger partial charge in [0.15, 0.2) is 0 Å². The van der Waals surface area contributed by atoms with E-state index in [-0.39, 0.29) is 16.8 Å². The number of carbonyl (C=O) groups is 1. The highest BCUT2D eigenvalue weighted by molar-refractivity contribution is 7.89. The molecular weight excluding hydrogens is 376 g/mol. The molecule has 0 bridgehead atoms. The van der Waals surface area contributed by atoms with Crippen LogP contribution >= 0.6 is 0 Å². The second-order valence-electron chi connectivity index (χ2n) is 6.64. The van der Waals surface area contributed by atoms with E-state index in [9.17, 15) is 13.2 Å². The molecule has 0 saturated carbocycles. The Morgan fingerprint density at radius 1 is 1.11 bits per heavy atom. The summed E-state index contributed by atoms with van der Waals surface area (Å²) in [5.41, 5.74) is 0.994. The molecule has 2 N–H and O–H groups in total. The predicted molar refractivity (Wildman–Crippen MR) is 111 cm³/mol. The molecule has 28 heavy (non-hydrogen) atoms. The van der Waals surface area contributed by atoms with Crippen molar-refractivity contribution in [3.8, 4) is 5.75 Å². The lowest BCUT2D eigenvalue weighted by atomic mass is 10.2. The van der Waals surface area contributed by atoms with Crippen LogP contribution in [0, 0.1) is 0 Å². The number of hydrogen-bond donors (Lipinski definition) is 2. The molecule has 2 rings (SSSR count). The maximum absolute atomic E-state index is 12.5. The molecule has 6 nitrogen and oxygen atoms in total. The molecule has 0 fully saturated rings. The quantitative estimate of drug-likeness (QED) is 0.582. The van der Waals surface area contributed by atoms with Crippen molar-refractivity contribution in [2.45, 2.75) is 51.0 Å². The summed E-state index contributed by atoms with van der Waals surface area (Å²) in [6, 6.07) is 12.9. The summed E-state index contributed by atoms with van der Waals surface area (Å²) < 4.78 is 32.8. The van der Waals surface area contributed by atoms with Crippen LogP contribution in [0.1, 0.15) is 50.4 Å². The summed E-state index contributed by atoms with van der Waals surface area (Å²) in [7, 11) is -3.57. The van der Waals surface area contributed by atoms with Crippen LogP contribution in [-0.4, -0.2) is 27.0 Å². The number of rotatable bonds is 10. The topological polar surface area (TPSA) is 84.5 Å². The number of benzene rings is 2. The van der Waals surface area contributed by atoms with Crippen molar-refractivity contribution in [2.75, 3.05) is 11.9 Å². The molecule has 0 spiro atoms. The van der Waals surface area contributed by atoms with Crippen LogP contribution in [-0.2, 0) is 10.0 Å². The highest BCUT2D eigenvalue weighted by atomic mass is 32.2. The van der Waals surface area contributed by atoms with Gasteiger partial charge in [-0.05, 0) is 62.2 Å². The second-order valence-corrected chi connectivity index (χ2v) is 8.35. The van der Waals surface area contributed by atoms with Gasteiger partial charge in [-0.2, -0.15) is 0 Å². The fourth-order valence-electron chi connectivity index (χ4n) is 2.40. The van der Waals surface area contributed by atoms with Crippen molar-refractivity contribution in [1.29, 1.82) is 0 Å². The lowest BCUT2D eigenvalue weighted by Gasteiger charge is -2.12. The number of hydrogen-bond acceptors (Lipinski definition) is 4. The minimum absolute atomic E-state index is 0.142. The number of nitrogens with one attached hydrogen (secondary N) is 2. The first-order chi connectivity index (χ1) is 13.4. The van der Waals surface area contributed by atoms with E-state index in [1.807, 2.05) is 19.9 Å². The van der Waals surface area contributed by atoms with E-state index >= 15 is 0 Å². The molecule has 1 unspecified atom stereocenters. The zero-order chi connectivity index (χ0) is 20.6. The summed E-state index contributed by atoms with van der Waals surface area (Å²) in [5.74, 6) is 0.368. The van der Waals surface area contributed by atoms with Crippen LogP contribution in [0.25, 0.3) is 0 Å². The number of anilines is 1. The zero-order valence-electron chi connectivity index (χ0n) is 16.6. The minimum Gasteiger partial charge on any atom is -0.494 e. The molecule has 0 aliphatic rings. The van der Waals surface area contributed by atoms with Crippen LogP contribution in [0.5, 0.6) is 5.75 Å². The maximum atomic E-state index is 12.5. The van der Waals surface area contributed by atoms with Gasteiger partial charge >= 0.3 is 0 Å². The van der Waals surface area contributed by atoms with Gasteiger partial charge in [-0.25, -0.2) is 13.1 Å². The van der Waals surface area contributed by atoms with Crippen LogP contribution in [0.4, 0.5) is 5.69 Å². The van der Waals surface area contributed by atoms with Crippen molar-refractivity contribution in [3.63, 3.8) is 0 Å². The molecule has 2 aromatic carbocycles. The van der Waals surface area contributed by atoms with Crippen LogP contribution in [0.2, 0.25) is 0 Å². The van der Waals surface area contributed by atoms with E-state index in [0.717, 1.165) is 12.8 Å². The number of amides is 1. The monoisotopic (exact) mass is 404 g/mol. The lowest BCUT2D eigenvalue weighted by molar-refractivity contribution is 0.102. The fourth-order valence-corrected chi connectivity index (χ4v) is 3.73. The smallest absolute Gasteiger partial charge is 0.255 e. The highest BCUT2D eigenvalue weighted by Crippen LogP contribution is 2.18. The summed E-state index contributed by atoms with van der Waals surface area (Å²) in [4.78, 5) is 12.6. The van der Waals surface area contributed by atoms with Gasteiger partial charge in [0.05, 0.1) is 11.5 Å². The molecule has 0 aliphatic heterocycles. The van der Waals surface area contributed by atoms with Gasteiger partial charge in [-0.3, -0.25) is 4.79 Å². The average molecular weight is 405 g/mol. The van der Waals surface area contributed by atoms with Gasteiger partial charge < -0.3 is 10.1 Å². The molecule has 0 heterocycles. The number of ether oxygens (including phenoxy) is 1. The largest absolute Gasteiger partial charge is 0.494 e. The van der Waals surface area contributed by atoms with Crippen LogP contribution in [0.3, 0.4) is 0 Å².